The Balaban J connectivity index is 1.55. The number of hydrogen-bond donors (Lipinski definition) is 1. The van der Waals surface area contributed by atoms with Gasteiger partial charge in [-0.25, -0.2) is 15.0 Å². The van der Waals surface area contributed by atoms with Crippen LogP contribution in [0.15, 0.2) is 54.9 Å². The molecule has 2 heterocycles. The van der Waals surface area contributed by atoms with E-state index < -0.39 is 12.0 Å². The molecule has 1 amide bonds. The standard InChI is InChI=1S/C25H24F3N5O2/c1-3-4-5-6-16-7-9-17(10-8-16)23(34)32-21-14-30-22(15-29-21)33-20-12-11-18(35-2)13-19(20)31-24(33)25(26,27)28/h7-15H,3-6H2,1-2H3,(H,29,32,34). The Kier molecular flexibility index (Phi) is 6.99. The number of nitrogens with zero attached hydrogens (tertiary/aromatic N) is 4. The molecule has 10 heteroatoms. The molecule has 0 atom stereocenters. The lowest BCUT2D eigenvalue weighted by Gasteiger charge is -2.11. The molecule has 0 aliphatic heterocycles. The highest BCUT2D eigenvalue weighted by Crippen LogP contribution is 2.34. The molecule has 0 radical (unpaired) electrons. The summed E-state index contributed by atoms with van der Waals surface area (Å²) in [4.78, 5) is 24.5. The number of fused-ring (bicyclic) bond motifs is 1. The molecule has 0 fully saturated rings. The van der Waals surface area contributed by atoms with E-state index in [4.69, 9.17) is 4.74 Å². The third-order valence-corrected chi connectivity index (χ3v) is 5.51. The van der Waals surface area contributed by atoms with Crippen molar-refractivity contribution >= 4 is 22.8 Å². The van der Waals surface area contributed by atoms with E-state index in [9.17, 15) is 18.0 Å². The average molecular weight is 483 g/mol. The van der Waals surface area contributed by atoms with Gasteiger partial charge >= 0.3 is 6.18 Å². The number of benzene rings is 2. The number of carbonyl (C=O) groups excluding carboxylic acids is 1. The molecular weight excluding hydrogens is 459 g/mol. The van der Waals surface area contributed by atoms with Crippen LogP contribution < -0.4 is 10.1 Å². The Morgan fingerprint density at radius 1 is 1.06 bits per heavy atom. The number of aromatic nitrogens is 4. The number of unbranched alkanes of at least 4 members (excludes halogenated alkanes) is 2. The Morgan fingerprint density at radius 3 is 2.46 bits per heavy atom. The minimum absolute atomic E-state index is 0.0839. The molecule has 0 spiro atoms. The van der Waals surface area contributed by atoms with Crippen LogP contribution in [-0.2, 0) is 12.6 Å². The van der Waals surface area contributed by atoms with Crippen LogP contribution in [-0.4, -0.2) is 32.5 Å². The van der Waals surface area contributed by atoms with Gasteiger partial charge in [-0.1, -0.05) is 31.9 Å². The van der Waals surface area contributed by atoms with Gasteiger partial charge in [0.05, 0.1) is 30.5 Å². The Bertz CT molecular complexity index is 1320. The molecule has 4 aromatic rings. The second-order valence-corrected chi connectivity index (χ2v) is 7.99. The third kappa shape index (κ3) is 5.42. The van der Waals surface area contributed by atoms with Crippen molar-refractivity contribution in [3.05, 3.63) is 71.8 Å². The number of imidazole rings is 1. The number of methoxy groups -OCH3 is 1. The van der Waals surface area contributed by atoms with Gasteiger partial charge in [-0.2, -0.15) is 13.2 Å². The molecule has 1 N–H and O–H groups in total. The highest BCUT2D eigenvalue weighted by molar-refractivity contribution is 6.03. The zero-order valence-electron chi connectivity index (χ0n) is 19.3. The SMILES string of the molecule is CCCCCc1ccc(C(=O)Nc2cnc(-n3c(C(F)(F)F)nc4cc(OC)ccc43)cn2)cc1. The van der Waals surface area contributed by atoms with Crippen LogP contribution in [0, 0.1) is 0 Å². The zero-order valence-corrected chi connectivity index (χ0v) is 19.3. The first kappa shape index (κ1) is 24.2. The molecule has 4 rings (SSSR count). The molecule has 0 saturated heterocycles. The fourth-order valence-corrected chi connectivity index (χ4v) is 3.70. The van der Waals surface area contributed by atoms with Crippen LogP contribution in [0.2, 0.25) is 0 Å². The average Bonchev–Trinajstić information content (AvgIpc) is 3.24. The lowest BCUT2D eigenvalue weighted by atomic mass is 10.1. The Hall–Kier alpha value is -3.95. The smallest absolute Gasteiger partial charge is 0.450 e. The van der Waals surface area contributed by atoms with Crippen molar-refractivity contribution in [2.75, 3.05) is 12.4 Å². The molecule has 0 aliphatic carbocycles. The molecule has 0 saturated carbocycles. The van der Waals surface area contributed by atoms with E-state index in [1.807, 2.05) is 12.1 Å². The van der Waals surface area contributed by atoms with E-state index in [0.29, 0.717) is 11.3 Å². The summed E-state index contributed by atoms with van der Waals surface area (Å²) in [5.41, 5.74) is 1.91. The van der Waals surface area contributed by atoms with Crippen LogP contribution in [0.1, 0.15) is 47.9 Å². The number of amides is 1. The first-order valence-electron chi connectivity index (χ1n) is 11.2. The van der Waals surface area contributed by atoms with E-state index in [2.05, 4.69) is 27.2 Å². The maximum Gasteiger partial charge on any atom is 0.450 e. The summed E-state index contributed by atoms with van der Waals surface area (Å²) in [6, 6.07) is 11.7. The van der Waals surface area contributed by atoms with E-state index in [-0.39, 0.29) is 28.6 Å². The second-order valence-electron chi connectivity index (χ2n) is 7.99. The fourth-order valence-electron chi connectivity index (χ4n) is 3.70. The molecular formula is C25H24F3N5O2. The van der Waals surface area contributed by atoms with E-state index in [0.717, 1.165) is 42.0 Å². The Labute approximate surface area is 200 Å². The number of halogens is 3. The van der Waals surface area contributed by atoms with Crippen LogP contribution in [0.4, 0.5) is 19.0 Å². The van der Waals surface area contributed by atoms with Gasteiger partial charge in [-0.15, -0.1) is 0 Å². The molecule has 2 aromatic heterocycles. The lowest BCUT2D eigenvalue weighted by molar-refractivity contribution is -0.145. The monoisotopic (exact) mass is 483 g/mol. The van der Waals surface area contributed by atoms with E-state index in [1.54, 1.807) is 12.1 Å². The summed E-state index contributed by atoms with van der Waals surface area (Å²) < 4.78 is 47.0. The van der Waals surface area contributed by atoms with Gasteiger partial charge in [0.1, 0.15) is 5.75 Å². The van der Waals surface area contributed by atoms with Crippen LogP contribution >= 0.6 is 0 Å². The summed E-state index contributed by atoms with van der Waals surface area (Å²) >= 11 is 0. The van der Waals surface area contributed by atoms with Crippen molar-refractivity contribution in [2.45, 2.75) is 38.8 Å². The number of aryl methyl sites for hydroxylation is 1. The number of anilines is 1. The maximum atomic E-state index is 13.7. The van der Waals surface area contributed by atoms with Crippen molar-refractivity contribution in [1.29, 1.82) is 0 Å². The minimum Gasteiger partial charge on any atom is -0.497 e. The fraction of sp³-hybridized carbons (Fsp3) is 0.280. The van der Waals surface area contributed by atoms with Crippen LogP contribution in [0.5, 0.6) is 5.75 Å². The van der Waals surface area contributed by atoms with Gasteiger partial charge < -0.3 is 10.1 Å². The van der Waals surface area contributed by atoms with Crippen LogP contribution in [0.25, 0.3) is 16.9 Å². The number of carbonyl (C=O) groups is 1. The van der Waals surface area contributed by atoms with Crippen molar-refractivity contribution < 1.29 is 22.7 Å². The van der Waals surface area contributed by atoms with Gasteiger partial charge in [0.2, 0.25) is 5.82 Å². The molecule has 7 nitrogen and oxygen atoms in total. The van der Waals surface area contributed by atoms with Gasteiger partial charge in [0, 0.05) is 11.6 Å². The second kappa shape index (κ2) is 10.1. The summed E-state index contributed by atoms with van der Waals surface area (Å²) in [5.74, 6) is -1.10. The quantitative estimate of drug-likeness (QED) is 0.319. The minimum atomic E-state index is -4.72. The van der Waals surface area contributed by atoms with Crippen LogP contribution in [0.3, 0.4) is 0 Å². The summed E-state index contributed by atoms with van der Waals surface area (Å²) in [6.07, 6.45) is 2.00. The largest absolute Gasteiger partial charge is 0.497 e. The Morgan fingerprint density at radius 2 is 1.83 bits per heavy atom. The van der Waals surface area contributed by atoms with Gasteiger partial charge in [-0.3, -0.25) is 9.36 Å². The van der Waals surface area contributed by atoms with E-state index in [1.165, 1.54) is 31.5 Å². The highest BCUT2D eigenvalue weighted by atomic mass is 19.4. The first-order valence-corrected chi connectivity index (χ1v) is 11.2. The molecule has 35 heavy (non-hydrogen) atoms. The third-order valence-electron chi connectivity index (χ3n) is 5.51. The zero-order chi connectivity index (χ0) is 25.0. The first-order chi connectivity index (χ1) is 16.8. The number of hydrogen-bond acceptors (Lipinski definition) is 5. The number of rotatable bonds is 8. The van der Waals surface area contributed by atoms with Crippen molar-refractivity contribution in [2.24, 2.45) is 0 Å². The molecule has 0 unspecified atom stereocenters. The summed E-state index contributed by atoms with van der Waals surface area (Å²) in [5, 5.41) is 2.62. The number of alkyl halides is 3. The molecule has 0 aliphatic rings. The predicted molar refractivity (Wildman–Crippen MR) is 126 cm³/mol. The molecule has 2 aromatic carbocycles. The summed E-state index contributed by atoms with van der Waals surface area (Å²) in [6.45, 7) is 2.15. The number of ether oxygens (including phenoxy) is 1. The lowest BCUT2D eigenvalue weighted by Crippen LogP contribution is -2.16. The van der Waals surface area contributed by atoms with Gasteiger partial charge in [-0.05, 0) is 42.7 Å². The molecule has 0 bridgehead atoms. The number of nitrogens with one attached hydrogen (secondary N) is 1. The van der Waals surface area contributed by atoms with Crippen molar-refractivity contribution in [1.82, 2.24) is 19.5 Å². The normalized spacial score (nSPS) is 11.6. The van der Waals surface area contributed by atoms with Crippen molar-refractivity contribution in [3.8, 4) is 11.6 Å². The van der Waals surface area contributed by atoms with Crippen molar-refractivity contribution in [3.63, 3.8) is 0 Å². The maximum absolute atomic E-state index is 13.7. The highest BCUT2D eigenvalue weighted by Gasteiger charge is 2.38. The molecule has 182 valence electrons. The van der Waals surface area contributed by atoms with Gasteiger partial charge in [0.15, 0.2) is 11.6 Å². The topological polar surface area (TPSA) is 81.9 Å². The van der Waals surface area contributed by atoms with E-state index >= 15 is 0 Å². The van der Waals surface area contributed by atoms with Gasteiger partial charge in [0.25, 0.3) is 5.91 Å². The predicted octanol–water partition coefficient (Wildman–Crippen LogP) is 5.83. The summed E-state index contributed by atoms with van der Waals surface area (Å²) in [7, 11) is 1.42.